The molecule has 0 radical (unpaired) electrons. The number of imidazole rings is 1. The predicted octanol–water partition coefficient (Wildman–Crippen LogP) is 3.74. The number of rotatable bonds is 2. The lowest BCUT2D eigenvalue weighted by Crippen LogP contribution is -2.11. The van der Waals surface area contributed by atoms with Gasteiger partial charge in [0.1, 0.15) is 5.82 Å². The number of halogens is 3. The van der Waals surface area contributed by atoms with Gasteiger partial charge in [0.2, 0.25) is 0 Å². The molecule has 0 bridgehead atoms. The number of aryl methyl sites for hydroxylation is 1. The first-order valence-corrected chi connectivity index (χ1v) is 6.36. The summed E-state index contributed by atoms with van der Waals surface area (Å²) in [5, 5.41) is 0. The Bertz CT molecular complexity index is 773. The van der Waals surface area contributed by atoms with Crippen molar-refractivity contribution in [1.82, 2.24) is 14.5 Å². The van der Waals surface area contributed by atoms with Gasteiger partial charge in [-0.3, -0.25) is 4.98 Å². The lowest BCUT2D eigenvalue weighted by Gasteiger charge is -2.07. The number of hydrogen-bond acceptors (Lipinski definition) is 2. The van der Waals surface area contributed by atoms with Crippen molar-refractivity contribution in [2.75, 3.05) is 0 Å². The molecule has 21 heavy (non-hydrogen) atoms. The summed E-state index contributed by atoms with van der Waals surface area (Å²) in [5.74, 6) is 0.705. The summed E-state index contributed by atoms with van der Waals surface area (Å²) in [7, 11) is 1.86. The Hall–Kier alpha value is -2.37. The standard InChI is InChI=1S/C15H12F3N3/c1-21-13-9-19-7-6-12(13)20-14(21)11-4-2-10(3-5-11)8-15(16,17)18/h2-7,9H,8H2,1H3. The molecule has 6 heteroatoms. The van der Waals surface area contributed by atoms with Gasteiger partial charge in [-0.15, -0.1) is 0 Å². The first-order chi connectivity index (χ1) is 9.94. The van der Waals surface area contributed by atoms with Crippen LogP contribution in [0, 0.1) is 0 Å². The van der Waals surface area contributed by atoms with Gasteiger partial charge in [0.15, 0.2) is 0 Å². The molecule has 0 atom stereocenters. The van der Waals surface area contributed by atoms with Crippen LogP contribution in [0.1, 0.15) is 5.56 Å². The molecule has 0 saturated heterocycles. The van der Waals surface area contributed by atoms with Crippen molar-refractivity contribution in [2.45, 2.75) is 12.6 Å². The number of alkyl halides is 3. The zero-order valence-corrected chi connectivity index (χ0v) is 11.2. The Morgan fingerprint density at radius 1 is 1.10 bits per heavy atom. The quantitative estimate of drug-likeness (QED) is 0.720. The van der Waals surface area contributed by atoms with Crippen LogP contribution in [0.2, 0.25) is 0 Å². The molecule has 3 nitrogen and oxygen atoms in total. The maximum absolute atomic E-state index is 12.3. The lowest BCUT2D eigenvalue weighted by atomic mass is 10.1. The van der Waals surface area contributed by atoms with Crippen molar-refractivity contribution in [2.24, 2.45) is 7.05 Å². The third kappa shape index (κ3) is 2.74. The fraction of sp³-hybridized carbons (Fsp3) is 0.200. The van der Waals surface area contributed by atoms with Gasteiger partial charge in [0, 0.05) is 18.8 Å². The van der Waals surface area contributed by atoms with Crippen LogP contribution in [0.5, 0.6) is 0 Å². The first kappa shape index (κ1) is 13.6. The molecule has 2 heterocycles. The highest BCUT2D eigenvalue weighted by atomic mass is 19.4. The Morgan fingerprint density at radius 2 is 1.81 bits per heavy atom. The van der Waals surface area contributed by atoms with E-state index in [-0.39, 0.29) is 5.56 Å². The summed E-state index contributed by atoms with van der Waals surface area (Å²) in [5.41, 5.74) is 2.71. The monoisotopic (exact) mass is 291 g/mol. The summed E-state index contributed by atoms with van der Waals surface area (Å²) in [6, 6.07) is 8.10. The molecule has 0 amide bonds. The van der Waals surface area contributed by atoms with E-state index < -0.39 is 12.6 Å². The summed E-state index contributed by atoms with van der Waals surface area (Å²) >= 11 is 0. The van der Waals surface area contributed by atoms with Crippen molar-refractivity contribution in [3.8, 4) is 11.4 Å². The van der Waals surface area contributed by atoms with E-state index in [4.69, 9.17) is 0 Å². The van der Waals surface area contributed by atoms with Gasteiger partial charge >= 0.3 is 6.18 Å². The zero-order chi connectivity index (χ0) is 15.0. The van der Waals surface area contributed by atoms with E-state index in [1.165, 1.54) is 12.1 Å². The van der Waals surface area contributed by atoms with Crippen LogP contribution in [0.15, 0.2) is 42.7 Å². The molecule has 0 spiro atoms. The van der Waals surface area contributed by atoms with E-state index >= 15 is 0 Å². The van der Waals surface area contributed by atoms with Crippen LogP contribution in [0.25, 0.3) is 22.4 Å². The van der Waals surface area contributed by atoms with Gasteiger partial charge in [-0.1, -0.05) is 24.3 Å². The minimum Gasteiger partial charge on any atom is -0.326 e. The SMILES string of the molecule is Cn1c(-c2ccc(CC(F)(F)F)cc2)nc2ccncc21. The smallest absolute Gasteiger partial charge is 0.326 e. The van der Waals surface area contributed by atoms with Crippen molar-refractivity contribution in [1.29, 1.82) is 0 Å². The molecule has 0 aliphatic heterocycles. The van der Waals surface area contributed by atoms with Crippen LogP contribution in [0.4, 0.5) is 13.2 Å². The van der Waals surface area contributed by atoms with Crippen molar-refractivity contribution in [3.05, 3.63) is 48.3 Å². The predicted molar refractivity (Wildman–Crippen MR) is 73.7 cm³/mol. The maximum atomic E-state index is 12.3. The van der Waals surface area contributed by atoms with Gasteiger partial charge < -0.3 is 4.57 Å². The Labute approximate surface area is 119 Å². The Morgan fingerprint density at radius 3 is 2.43 bits per heavy atom. The van der Waals surface area contributed by atoms with E-state index in [1.807, 2.05) is 11.6 Å². The second kappa shape index (κ2) is 4.87. The summed E-state index contributed by atoms with van der Waals surface area (Å²) in [6.07, 6.45) is -1.74. The zero-order valence-electron chi connectivity index (χ0n) is 11.2. The highest BCUT2D eigenvalue weighted by molar-refractivity contribution is 5.79. The van der Waals surface area contributed by atoms with E-state index in [0.717, 1.165) is 16.6 Å². The molecule has 0 fully saturated rings. The fourth-order valence-electron chi connectivity index (χ4n) is 2.30. The van der Waals surface area contributed by atoms with E-state index in [9.17, 15) is 13.2 Å². The largest absolute Gasteiger partial charge is 0.393 e. The second-order valence-electron chi connectivity index (χ2n) is 4.85. The van der Waals surface area contributed by atoms with E-state index in [2.05, 4.69) is 9.97 Å². The number of nitrogens with zero attached hydrogens (tertiary/aromatic N) is 3. The molecular weight excluding hydrogens is 279 g/mol. The average molecular weight is 291 g/mol. The highest BCUT2D eigenvalue weighted by Gasteiger charge is 2.27. The van der Waals surface area contributed by atoms with Gasteiger partial charge in [0.05, 0.1) is 23.7 Å². The lowest BCUT2D eigenvalue weighted by molar-refractivity contribution is -0.127. The van der Waals surface area contributed by atoms with E-state index in [1.54, 1.807) is 30.6 Å². The molecule has 2 aromatic heterocycles. The van der Waals surface area contributed by atoms with E-state index in [0.29, 0.717) is 5.82 Å². The van der Waals surface area contributed by atoms with Crippen molar-refractivity contribution < 1.29 is 13.2 Å². The van der Waals surface area contributed by atoms with Crippen LogP contribution in [0.3, 0.4) is 0 Å². The Balaban J connectivity index is 1.97. The topological polar surface area (TPSA) is 30.7 Å². The molecule has 3 rings (SSSR count). The van der Waals surface area contributed by atoms with Crippen LogP contribution in [-0.4, -0.2) is 20.7 Å². The van der Waals surface area contributed by atoms with Gasteiger partial charge in [-0.2, -0.15) is 13.2 Å². The molecule has 3 aromatic rings. The molecule has 0 saturated carbocycles. The summed E-state index contributed by atoms with van der Waals surface area (Å²) in [4.78, 5) is 8.54. The third-order valence-electron chi connectivity index (χ3n) is 3.30. The van der Waals surface area contributed by atoms with Gasteiger partial charge in [-0.25, -0.2) is 4.98 Å². The number of hydrogen-bond donors (Lipinski definition) is 0. The van der Waals surface area contributed by atoms with Crippen molar-refractivity contribution >= 4 is 11.0 Å². The molecule has 0 unspecified atom stereocenters. The highest BCUT2D eigenvalue weighted by Crippen LogP contribution is 2.25. The molecule has 108 valence electrons. The van der Waals surface area contributed by atoms with Crippen molar-refractivity contribution in [3.63, 3.8) is 0 Å². The molecule has 0 aliphatic carbocycles. The summed E-state index contributed by atoms with van der Waals surface area (Å²) in [6.45, 7) is 0. The molecule has 1 aromatic carbocycles. The molecule has 0 aliphatic rings. The normalized spacial score (nSPS) is 12.0. The van der Waals surface area contributed by atoms with Gasteiger partial charge in [0.25, 0.3) is 0 Å². The number of benzene rings is 1. The fourth-order valence-corrected chi connectivity index (χ4v) is 2.30. The second-order valence-corrected chi connectivity index (χ2v) is 4.85. The Kier molecular flexibility index (Phi) is 3.16. The van der Waals surface area contributed by atoms with Crippen LogP contribution in [-0.2, 0) is 13.5 Å². The third-order valence-corrected chi connectivity index (χ3v) is 3.30. The van der Waals surface area contributed by atoms with Crippen LogP contribution < -0.4 is 0 Å². The number of pyridine rings is 1. The maximum Gasteiger partial charge on any atom is 0.393 e. The number of aromatic nitrogens is 3. The average Bonchev–Trinajstić information content (AvgIpc) is 2.76. The first-order valence-electron chi connectivity index (χ1n) is 6.36. The molecular formula is C15H12F3N3. The number of fused-ring (bicyclic) bond motifs is 1. The van der Waals surface area contributed by atoms with Crippen LogP contribution >= 0.6 is 0 Å². The minimum atomic E-state index is -4.19. The summed E-state index contributed by atoms with van der Waals surface area (Å²) < 4.78 is 38.9. The molecule has 0 N–H and O–H groups in total. The minimum absolute atomic E-state index is 0.242. The van der Waals surface area contributed by atoms with Gasteiger partial charge in [-0.05, 0) is 11.6 Å².